The molecule has 0 spiro atoms. The van der Waals surface area contributed by atoms with Gasteiger partial charge in [0.25, 0.3) is 5.91 Å². The fourth-order valence-electron chi connectivity index (χ4n) is 4.07. The van der Waals surface area contributed by atoms with Gasteiger partial charge in [0.1, 0.15) is 0 Å². The lowest BCUT2D eigenvalue weighted by Gasteiger charge is -2.27. The summed E-state index contributed by atoms with van der Waals surface area (Å²) in [4.78, 5) is 14.9. The van der Waals surface area contributed by atoms with Gasteiger partial charge >= 0.3 is 0 Å². The lowest BCUT2D eigenvalue weighted by molar-refractivity contribution is -0.129. The predicted octanol–water partition coefficient (Wildman–Crippen LogP) is 5.56. The summed E-state index contributed by atoms with van der Waals surface area (Å²) >= 11 is 3.48. The number of hydrogen-bond donors (Lipinski definition) is 1. The van der Waals surface area contributed by atoms with Gasteiger partial charge in [-0.15, -0.1) is 0 Å². The van der Waals surface area contributed by atoms with E-state index in [1.165, 1.54) is 0 Å². The number of carbonyl (C=O) groups is 1. The van der Waals surface area contributed by atoms with E-state index >= 15 is 0 Å². The van der Waals surface area contributed by atoms with E-state index in [1.54, 1.807) is 19.1 Å². The van der Waals surface area contributed by atoms with Crippen molar-refractivity contribution in [3.8, 4) is 11.5 Å². The highest BCUT2D eigenvalue weighted by molar-refractivity contribution is 9.10. The molecule has 6 heteroatoms. The third-order valence-corrected chi connectivity index (χ3v) is 6.19. The second kappa shape index (κ2) is 9.49. The molecule has 1 aliphatic heterocycles. The summed E-state index contributed by atoms with van der Waals surface area (Å²) in [7, 11) is 3.20. The lowest BCUT2D eigenvalue weighted by atomic mass is 9.93. The first-order valence-electron chi connectivity index (χ1n) is 10.3. The van der Waals surface area contributed by atoms with Crippen LogP contribution in [0.5, 0.6) is 11.5 Å². The van der Waals surface area contributed by atoms with Crippen LogP contribution < -0.4 is 9.47 Å². The third kappa shape index (κ3) is 4.23. The molecule has 32 heavy (non-hydrogen) atoms. The number of rotatable bonds is 7. The fraction of sp³-hybridized carbons (Fsp3) is 0.192. The van der Waals surface area contributed by atoms with E-state index < -0.39 is 0 Å². The molecule has 0 saturated carbocycles. The zero-order valence-corrected chi connectivity index (χ0v) is 19.5. The van der Waals surface area contributed by atoms with E-state index in [9.17, 15) is 9.90 Å². The number of carbonyl (C=O) groups excluding carboxylic acids is 1. The molecular weight excluding hydrogens is 470 g/mol. The molecule has 1 atom stereocenters. The summed E-state index contributed by atoms with van der Waals surface area (Å²) in [6, 6.07) is 22.8. The van der Waals surface area contributed by atoms with Crippen molar-refractivity contribution in [2.24, 2.45) is 0 Å². The fourth-order valence-corrected chi connectivity index (χ4v) is 4.34. The van der Waals surface area contributed by atoms with Crippen LogP contribution in [0.2, 0.25) is 0 Å². The number of benzene rings is 3. The SMILES string of the molecule is COc1ccc(CCN2C(=O)C(O)=C(c3ccccc3)C2c2ccc(Br)cc2)cc1OC. The molecule has 1 amide bonds. The van der Waals surface area contributed by atoms with E-state index in [1.807, 2.05) is 72.8 Å². The summed E-state index contributed by atoms with van der Waals surface area (Å²) in [5.41, 5.74) is 3.42. The molecule has 3 aromatic rings. The summed E-state index contributed by atoms with van der Waals surface area (Å²) in [5, 5.41) is 10.9. The minimum atomic E-state index is -0.377. The molecule has 5 nitrogen and oxygen atoms in total. The average molecular weight is 494 g/mol. The zero-order valence-electron chi connectivity index (χ0n) is 17.9. The molecule has 0 bridgehead atoms. The van der Waals surface area contributed by atoms with Crippen molar-refractivity contribution in [1.82, 2.24) is 4.90 Å². The Balaban J connectivity index is 1.68. The summed E-state index contributed by atoms with van der Waals surface area (Å²) in [6.45, 7) is 0.440. The Bertz CT molecular complexity index is 1140. The molecule has 0 saturated heterocycles. The molecule has 3 aromatic carbocycles. The molecule has 164 valence electrons. The van der Waals surface area contributed by atoms with Gasteiger partial charge in [0, 0.05) is 16.6 Å². The van der Waals surface area contributed by atoms with E-state index in [-0.39, 0.29) is 17.7 Å². The molecule has 0 aliphatic carbocycles. The average Bonchev–Trinajstić information content (AvgIpc) is 3.08. The van der Waals surface area contributed by atoms with Gasteiger partial charge in [-0.1, -0.05) is 64.5 Å². The number of nitrogens with zero attached hydrogens (tertiary/aromatic N) is 1. The number of amides is 1. The van der Waals surface area contributed by atoms with Gasteiger partial charge in [-0.3, -0.25) is 4.79 Å². The van der Waals surface area contributed by atoms with Crippen LogP contribution in [0.4, 0.5) is 0 Å². The first kappa shape index (κ1) is 22.0. The quantitative estimate of drug-likeness (QED) is 0.467. The Morgan fingerprint density at radius 3 is 2.28 bits per heavy atom. The molecule has 4 rings (SSSR count). The Kier molecular flexibility index (Phi) is 6.51. The van der Waals surface area contributed by atoms with Crippen molar-refractivity contribution in [2.45, 2.75) is 12.5 Å². The highest BCUT2D eigenvalue weighted by Gasteiger charge is 2.40. The van der Waals surface area contributed by atoms with Crippen LogP contribution >= 0.6 is 15.9 Å². The molecule has 1 heterocycles. The van der Waals surface area contributed by atoms with Crippen LogP contribution in [0.1, 0.15) is 22.7 Å². The monoisotopic (exact) mass is 493 g/mol. The van der Waals surface area contributed by atoms with E-state index in [4.69, 9.17) is 9.47 Å². The second-order valence-corrected chi connectivity index (χ2v) is 8.44. The van der Waals surface area contributed by atoms with Crippen molar-refractivity contribution in [2.75, 3.05) is 20.8 Å². The Morgan fingerprint density at radius 2 is 1.62 bits per heavy atom. The van der Waals surface area contributed by atoms with Crippen LogP contribution in [0, 0.1) is 0 Å². The van der Waals surface area contributed by atoms with Crippen molar-refractivity contribution in [3.63, 3.8) is 0 Å². The first-order valence-corrected chi connectivity index (χ1v) is 11.1. The lowest BCUT2D eigenvalue weighted by Crippen LogP contribution is -2.32. The molecular formula is C26H24BrNO4. The summed E-state index contributed by atoms with van der Waals surface area (Å²) in [6.07, 6.45) is 0.606. The number of halogens is 1. The van der Waals surface area contributed by atoms with E-state index in [0.29, 0.717) is 30.0 Å². The summed E-state index contributed by atoms with van der Waals surface area (Å²) in [5.74, 6) is 0.744. The third-order valence-electron chi connectivity index (χ3n) is 5.66. The number of methoxy groups -OCH3 is 2. The first-order chi connectivity index (χ1) is 15.5. The minimum absolute atomic E-state index is 0.198. The number of hydrogen-bond acceptors (Lipinski definition) is 4. The van der Waals surface area contributed by atoms with Gasteiger partial charge < -0.3 is 19.5 Å². The van der Waals surface area contributed by atoms with Crippen molar-refractivity contribution in [1.29, 1.82) is 0 Å². The number of aliphatic hydroxyl groups is 1. The zero-order chi connectivity index (χ0) is 22.7. The largest absolute Gasteiger partial charge is 0.503 e. The predicted molar refractivity (Wildman–Crippen MR) is 128 cm³/mol. The van der Waals surface area contributed by atoms with Crippen LogP contribution in [0.3, 0.4) is 0 Å². The molecule has 0 fully saturated rings. The van der Waals surface area contributed by atoms with Crippen molar-refractivity contribution < 1.29 is 19.4 Å². The van der Waals surface area contributed by atoms with Gasteiger partial charge in [0.2, 0.25) is 0 Å². The standard InChI is InChI=1S/C26H24BrNO4/c1-31-21-13-8-17(16-22(21)32-2)14-15-28-24(19-9-11-20(27)12-10-19)23(25(29)26(28)30)18-6-4-3-5-7-18/h3-13,16,24,29H,14-15H2,1-2H3. The van der Waals surface area contributed by atoms with Crippen molar-refractivity contribution in [3.05, 3.63) is 99.7 Å². The van der Waals surface area contributed by atoms with Gasteiger partial charge in [0.15, 0.2) is 17.3 Å². The molecule has 0 radical (unpaired) electrons. The number of aliphatic hydroxyl groups excluding tert-OH is 1. The van der Waals surface area contributed by atoms with Crippen LogP contribution in [0.15, 0.2) is 83.0 Å². The van der Waals surface area contributed by atoms with Crippen molar-refractivity contribution >= 4 is 27.4 Å². The van der Waals surface area contributed by atoms with Crippen LogP contribution in [-0.2, 0) is 11.2 Å². The minimum Gasteiger partial charge on any atom is -0.503 e. The molecule has 1 N–H and O–H groups in total. The van der Waals surface area contributed by atoms with Crippen LogP contribution in [-0.4, -0.2) is 36.7 Å². The highest BCUT2D eigenvalue weighted by Crippen LogP contribution is 2.43. The maximum absolute atomic E-state index is 13.1. The Labute approximate surface area is 196 Å². The van der Waals surface area contributed by atoms with Gasteiger partial charge in [-0.2, -0.15) is 0 Å². The maximum Gasteiger partial charge on any atom is 0.289 e. The topological polar surface area (TPSA) is 59.0 Å². The maximum atomic E-state index is 13.1. The van der Waals surface area contributed by atoms with Gasteiger partial charge in [-0.05, 0) is 47.4 Å². The Hall–Kier alpha value is -3.25. The number of ether oxygens (including phenoxy) is 2. The Morgan fingerprint density at radius 1 is 0.938 bits per heavy atom. The van der Waals surface area contributed by atoms with Gasteiger partial charge in [-0.25, -0.2) is 0 Å². The molecule has 0 aromatic heterocycles. The smallest absolute Gasteiger partial charge is 0.289 e. The molecule has 1 aliphatic rings. The summed E-state index contributed by atoms with van der Waals surface area (Å²) < 4.78 is 11.7. The van der Waals surface area contributed by atoms with E-state index in [2.05, 4.69) is 15.9 Å². The highest BCUT2D eigenvalue weighted by atomic mass is 79.9. The second-order valence-electron chi connectivity index (χ2n) is 7.52. The van der Waals surface area contributed by atoms with E-state index in [0.717, 1.165) is 21.2 Å². The van der Waals surface area contributed by atoms with Gasteiger partial charge in [0.05, 0.1) is 20.3 Å². The van der Waals surface area contributed by atoms with Crippen LogP contribution in [0.25, 0.3) is 5.57 Å². The molecule has 1 unspecified atom stereocenters. The normalized spacial score (nSPS) is 15.9.